The van der Waals surface area contributed by atoms with Gasteiger partial charge in [0.1, 0.15) is 11.5 Å². The number of imidazole rings is 3. The lowest BCUT2D eigenvalue weighted by Crippen LogP contribution is -2.25. The van der Waals surface area contributed by atoms with E-state index in [1.165, 1.54) is 38.3 Å². The van der Waals surface area contributed by atoms with Crippen molar-refractivity contribution in [3.63, 3.8) is 0 Å². The van der Waals surface area contributed by atoms with Gasteiger partial charge in [-0.15, -0.1) is 5.10 Å². The summed E-state index contributed by atoms with van der Waals surface area (Å²) < 4.78 is 21.0. The number of amides is 3. The van der Waals surface area contributed by atoms with Gasteiger partial charge in [0, 0.05) is 69.6 Å². The number of carbonyl (C=O) groups excluding carboxylic acids is 3. The molecule has 3 aliphatic heterocycles. The first-order valence-electron chi connectivity index (χ1n) is 32.3. The molecule has 0 saturated heterocycles. The Morgan fingerprint density at radius 2 is 0.851 bits per heavy atom. The Morgan fingerprint density at radius 3 is 1.35 bits per heavy atom. The molecule has 1 unspecified atom stereocenters. The largest absolute Gasteiger partial charge is 0.508 e. The predicted molar refractivity (Wildman–Crippen MR) is 379 cm³/mol. The first-order chi connectivity index (χ1) is 49.2. The summed E-state index contributed by atoms with van der Waals surface area (Å²) in [5.41, 5.74) is 12.1. The van der Waals surface area contributed by atoms with E-state index < -0.39 is 6.10 Å². The molecule has 8 aromatic carbocycles. The summed E-state index contributed by atoms with van der Waals surface area (Å²) >= 11 is 0. The van der Waals surface area contributed by atoms with Crippen molar-refractivity contribution < 1.29 is 34.1 Å². The maximum atomic E-state index is 13.2. The smallest absolute Gasteiger partial charge is 0.267 e. The average Bonchev–Trinajstić information content (AvgIpc) is 1.71. The fraction of sp³-hybridized carbons (Fsp3) is 0.132. The molecular weight excluding hydrogens is 1280 g/mol. The van der Waals surface area contributed by atoms with E-state index in [4.69, 9.17) is 14.5 Å². The predicted octanol–water partition coefficient (Wildman–Crippen LogP) is 9.60. The zero-order valence-electron chi connectivity index (χ0n) is 54.0. The van der Waals surface area contributed by atoms with E-state index in [0.29, 0.717) is 76.1 Å². The van der Waals surface area contributed by atoms with E-state index in [9.17, 15) is 39.0 Å². The van der Waals surface area contributed by atoms with Crippen LogP contribution in [0.1, 0.15) is 65.3 Å². The number of phenols is 1. The number of fused-ring (bicyclic) bond motifs is 27. The minimum absolute atomic E-state index is 0.114. The molecule has 17 rings (SSSR count). The number of aliphatic hydroxyl groups excluding tert-OH is 1. The molecule has 0 spiro atoms. The number of ether oxygens (including phenoxy) is 2. The zero-order chi connectivity index (χ0) is 69.3. The summed E-state index contributed by atoms with van der Waals surface area (Å²) in [6, 6.07) is 64.4. The standard InChI is InChI=1S/C27H21N5O3.C26H19N5O3.C23H21N5O4/c1-35-24-11-9-18-14-20(24)16-31-23-8-3-2-7-22(23)28-27(31)29-26(34)19-6-4-5-17(13-19)15-32-25(33)12-10-21(18)30-32;32-23-10-8-17-13-19(23)15-30-22-7-2-1-6-21(22)27-26(30)28-25(34)18-5-3-4-16(12-18)14-31-24(33)11-9-20(17)29-31;29-17-10-11-32-20-8-9-21(30)28(26-20)13-15-4-3-5-16(12-15)22(31)25-23-24-18-6-1-2-7-19(18)27(23)14-17/h2-14H,15-16H2,1H3,(H,28,29,34);1-13,32H,14-15H2,(H,27,28,34);1-9,12,17,29H,10-11,13-14H2,(H,24,25,31). The third-order valence-electron chi connectivity index (χ3n) is 17.5. The van der Waals surface area contributed by atoms with Crippen LogP contribution in [-0.2, 0) is 39.3 Å². The van der Waals surface area contributed by atoms with Crippen LogP contribution in [0, 0.1) is 0 Å². The Labute approximate surface area is 573 Å². The summed E-state index contributed by atoms with van der Waals surface area (Å²) in [6.07, 6.45) is -0.412. The number of para-hydroxylation sites is 6. The summed E-state index contributed by atoms with van der Waals surface area (Å²) in [6.45, 7) is 1.79. The van der Waals surface area contributed by atoms with Crippen LogP contribution in [0.25, 0.3) is 55.6 Å². The minimum atomic E-state index is -0.745. The van der Waals surface area contributed by atoms with Crippen LogP contribution in [0.3, 0.4) is 0 Å². The van der Waals surface area contributed by atoms with Crippen LogP contribution in [0.15, 0.2) is 233 Å². The van der Waals surface area contributed by atoms with Crippen molar-refractivity contribution in [2.45, 2.75) is 51.8 Å². The van der Waals surface area contributed by atoms with Gasteiger partial charge in [-0.25, -0.2) is 29.0 Å². The Hall–Kier alpha value is -13.4. The summed E-state index contributed by atoms with van der Waals surface area (Å²) in [5, 5.41) is 43.4. The SMILES string of the molecule is COc1ccc2cc1Cn1c(nc3ccccc31)NC(=O)c1cccc(c1)Cn1nc-2ccc1=O.O=C1Nc2nc3ccccc3n2CC(O)CCOc2ccc(=O)n(n2)Cc2cccc1c2.O=C1Nc2nc3ccccc3n2Cc2cc(ccc2O)-c2ccc(=O)n(n2)Cc2cccc1c2. The highest BCUT2D eigenvalue weighted by molar-refractivity contribution is 6.06. The minimum Gasteiger partial charge on any atom is -0.508 e. The van der Waals surface area contributed by atoms with Gasteiger partial charge in [0.25, 0.3) is 34.4 Å². The van der Waals surface area contributed by atoms with Gasteiger partial charge < -0.3 is 33.4 Å². The Bertz CT molecular complexity index is 5790. The summed E-state index contributed by atoms with van der Waals surface area (Å²) in [4.78, 5) is 90.5. The normalized spacial score (nSPS) is 14.2. The summed E-state index contributed by atoms with van der Waals surface area (Å²) in [5.74, 6) is 1.36. The zero-order valence-corrected chi connectivity index (χ0v) is 54.0. The van der Waals surface area contributed by atoms with Crippen molar-refractivity contribution in [3.05, 3.63) is 294 Å². The Balaban J connectivity index is 0.000000123. The number of methoxy groups -OCH3 is 1. The number of nitrogens with one attached hydrogen (secondary N) is 3. The molecule has 9 heterocycles. The van der Waals surface area contributed by atoms with Gasteiger partial charge >= 0.3 is 0 Å². The number of aliphatic hydroxyl groups is 1. The molecule has 25 nitrogen and oxygen atoms in total. The lowest BCUT2D eigenvalue weighted by molar-refractivity contribution is 0.101. The van der Waals surface area contributed by atoms with Crippen molar-refractivity contribution in [1.29, 1.82) is 0 Å². The first-order valence-corrected chi connectivity index (χ1v) is 32.3. The topological polar surface area (TPSA) is 304 Å². The molecule has 500 valence electrons. The third kappa shape index (κ3) is 13.5. The lowest BCUT2D eigenvalue weighted by Gasteiger charge is -2.16. The van der Waals surface area contributed by atoms with Crippen LogP contribution < -0.4 is 42.1 Å². The quantitative estimate of drug-likeness (QED) is 0.102. The first kappa shape index (κ1) is 63.6. The molecule has 16 bridgehead atoms. The maximum Gasteiger partial charge on any atom is 0.267 e. The van der Waals surface area contributed by atoms with Crippen molar-refractivity contribution in [2.24, 2.45) is 0 Å². The molecular formula is C76H61N15O10. The van der Waals surface area contributed by atoms with Gasteiger partial charge in [-0.05, 0) is 138 Å². The van der Waals surface area contributed by atoms with Crippen LogP contribution in [0.4, 0.5) is 17.8 Å². The lowest BCUT2D eigenvalue weighted by atomic mass is 10.1. The van der Waals surface area contributed by atoms with Crippen LogP contribution in [0.5, 0.6) is 17.4 Å². The molecule has 3 aliphatic rings. The van der Waals surface area contributed by atoms with Gasteiger partial charge in [-0.3, -0.25) is 44.7 Å². The summed E-state index contributed by atoms with van der Waals surface area (Å²) in [7, 11) is 1.63. The van der Waals surface area contributed by atoms with Gasteiger partial charge in [-0.1, -0.05) is 72.8 Å². The highest BCUT2D eigenvalue weighted by Gasteiger charge is 2.23. The molecule has 0 radical (unpaired) electrons. The van der Waals surface area contributed by atoms with Crippen LogP contribution >= 0.6 is 0 Å². The molecule has 5 N–H and O–H groups in total. The van der Waals surface area contributed by atoms with E-state index in [0.717, 1.165) is 66.5 Å². The van der Waals surface area contributed by atoms with Gasteiger partial charge in [0.2, 0.25) is 23.7 Å². The van der Waals surface area contributed by atoms with Crippen molar-refractivity contribution in [1.82, 2.24) is 58.0 Å². The van der Waals surface area contributed by atoms with Crippen LogP contribution in [-0.4, -0.2) is 106 Å². The van der Waals surface area contributed by atoms with Gasteiger partial charge in [0.15, 0.2) is 0 Å². The molecule has 0 aliphatic carbocycles. The molecule has 1 atom stereocenters. The second-order valence-corrected chi connectivity index (χ2v) is 24.3. The van der Waals surface area contributed by atoms with E-state index >= 15 is 0 Å². The second kappa shape index (κ2) is 27.2. The molecule has 0 fully saturated rings. The van der Waals surface area contributed by atoms with Crippen molar-refractivity contribution >= 4 is 68.7 Å². The number of benzene rings is 8. The molecule has 0 saturated carbocycles. The number of anilines is 3. The molecule has 3 amide bonds. The number of nitrogens with zero attached hydrogens (tertiary/aromatic N) is 12. The number of phenolic OH excluding ortho intramolecular Hbond substituents is 1. The van der Waals surface area contributed by atoms with E-state index in [-0.39, 0.29) is 79.5 Å². The molecule has 25 heteroatoms. The van der Waals surface area contributed by atoms with Crippen molar-refractivity contribution in [2.75, 3.05) is 29.7 Å². The van der Waals surface area contributed by atoms with E-state index in [1.54, 1.807) is 90.5 Å². The Kier molecular flexibility index (Phi) is 17.2. The number of rotatable bonds is 1. The molecule has 14 aromatic rings. The number of hydrogen-bond donors (Lipinski definition) is 5. The van der Waals surface area contributed by atoms with Crippen LogP contribution in [0.2, 0.25) is 0 Å². The average molecular weight is 1340 g/mol. The monoisotopic (exact) mass is 1340 g/mol. The highest BCUT2D eigenvalue weighted by atomic mass is 16.5. The highest BCUT2D eigenvalue weighted by Crippen LogP contribution is 2.32. The number of aromatic hydroxyl groups is 1. The van der Waals surface area contributed by atoms with Gasteiger partial charge in [-0.2, -0.15) is 10.2 Å². The number of hydrogen-bond acceptors (Lipinski definition) is 16. The third-order valence-corrected chi connectivity index (χ3v) is 17.5. The molecule has 101 heavy (non-hydrogen) atoms. The Morgan fingerprint density at radius 1 is 0.426 bits per heavy atom. The maximum absolute atomic E-state index is 13.2. The fourth-order valence-electron chi connectivity index (χ4n) is 12.4. The number of carbonyl (C=O) groups is 3. The van der Waals surface area contributed by atoms with Crippen molar-refractivity contribution in [3.8, 4) is 39.9 Å². The second-order valence-electron chi connectivity index (χ2n) is 24.3. The molecule has 6 aromatic heterocycles. The fourth-order valence-corrected chi connectivity index (χ4v) is 12.4. The van der Waals surface area contributed by atoms with E-state index in [2.05, 4.69) is 41.2 Å². The van der Waals surface area contributed by atoms with E-state index in [1.807, 2.05) is 124 Å². The number of aromatic nitrogens is 12. The van der Waals surface area contributed by atoms with Gasteiger partial charge in [0.05, 0.1) is 104 Å².